The molecule has 0 saturated heterocycles. The second-order valence-electron chi connectivity index (χ2n) is 7.67. The van der Waals surface area contributed by atoms with Gasteiger partial charge in [0.2, 0.25) is 0 Å². The van der Waals surface area contributed by atoms with Crippen LogP contribution in [0, 0.1) is 0 Å². The summed E-state index contributed by atoms with van der Waals surface area (Å²) in [6.45, 7) is 6.47. The third kappa shape index (κ3) is 5.85. The lowest BCUT2D eigenvalue weighted by molar-refractivity contribution is -0.123. The number of fused-ring (bicyclic) bond motifs is 1. The molecule has 8 heteroatoms. The first-order valence-corrected chi connectivity index (χ1v) is 11.0. The number of para-hydroxylation sites is 1. The lowest BCUT2D eigenvalue weighted by Gasteiger charge is -2.20. The number of ether oxygens (including phenoxy) is 2. The van der Waals surface area contributed by atoms with Crippen LogP contribution in [-0.4, -0.2) is 51.9 Å². The van der Waals surface area contributed by atoms with Gasteiger partial charge in [0.25, 0.3) is 5.91 Å². The maximum Gasteiger partial charge on any atom is 0.258 e. The van der Waals surface area contributed by atoms with Crippen LogP contribution in [0.3, 0.4) is 0 Å². The topological polar surface area (TPSA) is 81.5 Å². The molecule has 0 saturated carbocycles. The SMILES string of the molecule is CCOc1ccc(CN2CCc3nnc(CNC(=O)COc4ccccc4)n3CC2)cc1. The summed E-state index contributed by atoms with van der Waals surface area (Å²) in [6.07, 6.45) is 0.828. The van der Waals surface area contributed by atoms with Crippen molar-refractivity contribution >= 4 is 5.91 Å². The van der Waals surface area contributed by atoms with Gasteiger partial charge >= 0.3 is 0 Å². The van der Waals surface area contributed by atoms with Crippen LogP contribution in [0.25, 0.3) is 0 Å². The highest BCUT2D eigenvalue weighted by atomic mass is 16.5. The maximum atomic E-state index is 12.2. The number of rotatable bonds is 9. The minimum atomic E-state index is -0.183. The first kappa shape index (κ1) is 21.8. The summed E-state index contributed by atoms with van der Waals surface area (Å²) in [6, 6.07) is 17.6. The monoisotopic (exact) mass is 435 g/mol. The number of nitrogens with zero attached hydrogens (tertiary/aromatic N) is 4. The Morgan fingerprint density at radius 1 is 0.969 bits per heavy atom. The fourth-order valence-electron chi connectivity index (χ4n) is 3.73. The second-order valence-corrected chi connectivity index (χ2v) is 7.67. The average Bonchev–Trinajstić information content (AvgIpc) is 3.10. The standard InChI is InChI=1S/C24H29N5O3/c1-2-31-21-10-8-19(9-11-21)17-28-13-12-22-26-27-23(29(22)15-14-28)16-25-24(30)18-32-20-6-4-3-5-7-20/h3-11H,2,12-18H2,1H3,(H,25,30). The molecule has 0 aliphatic carbocycles. The van der Waals surface area contributed by atoms with Crippen molar-refractivity contribution in [2.45, 2.75) is 33.0 Å². The Morgan fingerprint density at radius 2 is 1.75 bits per heavy atom. The van der Waals surface area contributed by atoms with E-state index in [0.717, 1.165) is 50.0 Å². The van der Waals surface area contributed by atoms with E-state index in [2.05, 4.69) is 37.1 Å². The van der Waals surface area contributed by atoms with E-state index in [0.29, 0.717) is 18.9 Å². The molecule has 0 atom stereocenters. The first-order valence-electron chi connectivity index (χ1n) is 11.0. The van der Waals surface area contributed by atoms with E-state index < -0.39 is 0 Å². The molecule has 32 heavy (non-hydrogen) atoms. The van der Waals surface area contributed by atoms with E-state index in [1.54, 1.807) is 0 Å². The molecule has 2 heterocycles. The smallest absolute Gasteiger partial charge is 0.258 e. The van der Waals surface area contributed by atoms with E-state index in [-0.39, 0.29) is 12.5 Å². The van der Waals surface area contributed by atoms with Gasteiger partial charge in [-0.25, -0.2) is 0 Å². The molecule has 0 spiro atoms. The Balaban J connectivity index is 1.26. The molecule has 0 fully saturated rings. The van der Waals surface area contributed by atoms with Gasteiger partial charge in [-0.3, -0.25) is 9.69 Å². The normalized spacial score (nSPS) is 13.8. The lowest BCUT2D eigenvalue weighted by Crippen LogP contribution is -2.30. The predicted molar refractivity (Wildman–Crippen MR) is 120 cm³/mol. The van der Waals surface area contributed by atoms with Crippen LogP contribution < -0.4 is 14.8 Å². The largest absolute Gasteiger partial charge is 0.494 e. The van der Waals surface area contributed by atoms with Gasteiger partial charge in [0, 0.05) is 32.6 Å². The summed E-state index contributed by atoms with van der Waals surface area (Å²) < 4.78 is 13.1. The Hall–Kier alpha value is -3.39. The summed E-state index contributed by atoms with van der Waals surface area (Å²) in [5.41, 5.74) is 1.26. The van der Waals surface area contributed by atoms with Crippen molar-refractivity contribution in [3.8, 4) is 11.5 Å². The molecule has 1 aromatic heterocycles. The van der Waals surface area contributed by atoms with Crippen LogP contribution in [0.15, 0.2) is 54.6 Å². The minimum Gasteiger partial charge on any atom is -0.494 e. The Labute approximate surface area is 188 Å². The maximum absolute atomic E-state index is 12.2. The Morgan fingerprint density at radius 3 is 2.53 bits per heavy atom. The van der Waals surface area contributed by atoms with E-state index in [9.17, 15) is 4.79 Å². The molecule has 4 rings (SSSR count). The second kappa shape index (κ2) is 10.8. The molecule has 2 aromatic carbocycles. The first-order chi connectivity index (χ1) is 15.7. The van der Waals surface area contributed by atoms with Gasteiger partial charge in [-0.1, -0.05) is 30.3 Å². The fourth-order valence-corrected chi connectivity index (χ4v) is 3.73. The van der Waals surface area contributed by atoms with Crippen LogP contribution in [0.4, 0.5) is 0 Å². The Kier molecular flexibility index (Phi) is 7.34. The fraction of sp³-hybridized carbons (Fsp3) is 0.375. The van der Waals surface area contributed by atoms with Gasteiger partial charge in [0.15, 0.2) is 12.4 Å². The van der Waals surface area contributed by atoms with Crippen LogP contribution in [0.5, 0.6) is 11.5 Å². The van der Waals surface area contributed by atoms with E-state index in [1.807, 2.05) is 49.4 Å². The summed E-state index contributed by atoms with van der Waals surface area (Å²) in [4.78, 5) is 14.6. The number of nitrogens with one attached hydrogen (secondary N) is 1. The summed E-state index contributed by atoms with van der Waals surface area (Å²) in [5.74, 6) is 3.13. The molecular weight excluding hydrogens is 406 g/mol. The third-order valence-corrected chi connectivity index (χ3v) is 5.39. The minimum absolute atomic E-state index is 0.0269. The summed E-state index contributed by atoms with van der Waals surface area (Å²) in [5, 5.41) is 11.5. The van der Waals surface area contributed by atoms with Gasteiger partial charge in [-0.2, -0.15) is 0 Å². The molecule has 1 aliphatic rings. The lowest BCUT2D eigenvalue weighted by atomic mass is 10.2. The zero-order valence-corrected chi connectivity index (χ0v) is 18.4. The zero-order valence-electron chi connectivity index (χ0n) is 18.4. The number of hydrogen-bond acceptors (Lipinski definition) is 6. The molecule has 1 amide bonds. The highest BCUT2D eigenvalue weighted by molar-refractivity contribution is 5.77. The molecule has 8 nitrogen and oxygen atoms in total. The zero-order chi connectivity index (χ0) is 22.2. The molecular formula is C24H29N5O3. The van der Waals surface area contributed by atoms with Crippen LogP contribution in [0.1, 0.15) is 24.1 Å². The number of carbonyl (C=O) groups excluding carboxylic acids is 1. The quantitative estimate of drug-likeness (QED) is 0.556. The number of amides is 1. The van der Waals surface area contributed by atoms with Crippen molar-refractivity contribution in [1.29, 1.82) is 0 Å². The van der Waals surface area contributed by atoms with Crippen LogP contribution in [0.2, 0.25) is 0 Å². The average molecular weight is 436 g/mol. The predicted octanol–water partition coefficient (Wildman–Crippen LogP) is 2.43. The highest BCUT2D eigenvalue weighted by Gasteiger charge is 2.19. The molecule has 3 aromatic rings. The van der Waals surface area contributed by atoms with Crippen molar-refractivity contribution in [2.75, 3.05) is 26.3 Å². The molecule has 0 unspecified atom stereocenters. The van der Waals surface area contributed by atoms with Crippen molar-refractivity contribution in [3.63, 3.8) is 0 Å². The van der Waals surface area contributed by atoms with E-state index in [4.69, 9.17) is 9.47 Å². The van der Waals surface area contributed by atoms with Crippen LogP contribution in [-0.2, 0) is 30.8 Å². The van der Waals surface area contributed by atoms with E-state index >= 15 is 0 Å². The van der Waals surface area contributed by atoms with Crippen molar-refractivity contribution in [1.82, 2.24) is 25.0 Å². The number of carbonyl (C=O) groups is 1. The van der Waals surface area contributed by atoms with Gasteiger partial charge in [0.1, 0.15) is 17.3 Å². The number of aromatic nitrogens is 3. The number of benzene rings is 2. The molecule has 168 valence electrons. The third-order valence-electron chi connectivity index (χ3n) is 5.39. The summed E-state index contributed by atoms with van der Waals surface area (Å²) in [7, 11) is 0. The van der Waals surface area contributed by atoms with Gasteiger partial charge in [-0.15, -0.1) is 10.2 Å². The molecule has 1 aliphatic heterocycles. The highest BCUT2D eigenvalue weighted by Crippen LogP contribution is 2.16. The number of hydrogen-bond donors (Lipinski definition) is 1. The Bertz CT molecular complexity index is 1000. The van der Waals surface area contributed by atoms with Crippen molar-refractivity contribution < 1.29 is 14.3 Å². The van der Waals surface area contributed by atoms with Gasteiger partial charge in [0.05, 0.1) is 13.2 Å². The molecule has 0 radical (unpaired) electrons. The van der Waals surface area contributed by atoms with Crippen LogP contribution >= 0.6 is 0 Å². The van der Waals surface area contributed by atoms with E-state index in [1.165, 1.54) is 5.56 Å². The molecule has 0 bridgehead atoms. The van der Waals surface area contributed by atoms with Crippen molar-refractivity contribution in [3.05, 3.63) is 71.8 Å². The van der Waals surface area contributed by atoms with Gasteiger partial charge in [-0.05, 0) is 36.8 Å². The van der Waals surface area contributed by atoms with Gasteiger partial charge < -0.3 is 19.4 Å². The van der Waals surface area contributed by atoms with Crippen molar-refractivity contribution in [2.24, 2.45) is 0 Å². The summed E-state index contributed by atoms with van der Waals surface area (Å²) >= 11 is 0. The molecule has 1 N–H and O–H groups in total.